The van der Waals surface area contributed by atoms with Crippen LogP contribution in [0.1, 0.15) is 22.8 Å². The van der Waals surface area contributed by atoms with Gasteiger partial charge in [-0.15, -0.1) is 0 Å². The third-order valence-electron chi connectivity index (χ3n) is 4.33. The smallest absolute Gasteiger partial charge is 0.259 e. The zero-order valence-electron chi connectivity index (χ0n) is 14.4. The fraction of sp³-hybridized carbons (Fsp3) is 0.200. The number of anilines is 1. The largest absolute Gasteiger partial charge is 0.486 e. The highest BCUT2D eigenvalue weighted by molar-refractivity contribution is 6.08. The number of nitrogens with zero attached hydrogens (tertiary/aromatic N) is 1. The van der Waals surface area contributed by atoms with Crippen LogP contribution in [-0.2, 0) is 6.42 Å². The Morgan fingerprint density at radius 2 is 1.88 bits per heavy atom. The monoisotopic (exact) mass is 349 g/mol. The summed E-state index contributed by atoms with van der Waals surface area (Å²) in [6.07, 6.45) is 2.49. The van der Waals surface area contributed by atoms with Crippen molar-refractivity contribution < 1.29 is 14.3 Å². The van der Waals surface area contributed by atoms with Crippen LogP contribution in [0.15, 0.2) is 48.7 Å². The molecule has 1 aromatic heterocycles. The van der Waals surface area contributed by atoms with Gasteiger partial charge in [0.2, 0.25) is 0 Å². The number of aromatic amines is 1. The first kappa shape index (κ1) is 16.2. The van der Waals surface area contributed by atoms with Crippen molar-refractivity contribution in [1.82, 2.24) is 10.2 Å². The van der Waals surface area contributed by atoms with Gasteiger partial charge in [0.15, 0.2) is 11.5 Å². The van der Waals surface area contributed by atoms with Gasteiger partial charge >= 0.3 is 0 Å². The number of nitrogens with one attached hydrogen (secondary N) is 2. The minimum Gasteiger partial charge on any atom is -0.486 e. The van der Waals surface area contributed by atoms with Gasteiger partial charge in [0.25, 0.3) is 5.91 Å². The maximum absolute atomic E-state index is 12.7. The first-order valence-electron chi connectivity index (χ1n) is 8.58. The summed E-state index contributed by atoms with van der Waals surface area (Å²) in [5, 5.41) is 9.86. The molecule has 0 atom stereocenters. The van der Waals surface area contributed by atoms with E-state index >= 15 is 0 Å². The van der Waals surface area contributed by atoms with Crippen molar-refractivity contribution in [3.63, 3.8) is 0 Å². The predicted octanol–water partition coefficient (Wildman–Crippen LogP) is 3.66. The SMILES string of the molecule is CCc1ccc(NC(=O)c2cn[nH]c2-c2ccc3c(c2)OCCO3)cc1. The minimum absolute atomic E-state index is 0.215. The summed E-state index contributed by atoms with van der Waals surface area (Å²) in [5.74, 6) is 1.17. The third kappa shape index (κ3) is 3.13. The van der Waals surface area contributed by atoms with Gasteiger partial charge in [-0.3, -0.25) is 9.89 Å². The van der Waals surface area contributed by atoms with Crippen molar-refractivity contribution >= 4 is 11.6 Å². The molecule has 2 heterocycles. The molecule has 2 N–H and O–H groups in total. The van der Waals surface area contributed by atoms with Crippen LogP contribution in [0, 0.1) is 0 Å². The van der Waals surface area contributed by atoms with E-state index in [2.05, 4.69) is 22.4 Å². The molecule has 0 spiro atoms. The van der Waals surface area contributed by atoms with E-state index in [-0.39, 0.29) is 5.91 Å². The van der Waals surface area contributed by atoms with Crippen LogP contribution in [0.25, 0.3) is 11.3 Å². The number of amides is 1. The van der Waals surface area contributed by atoms with E-state index in [9.17, 15) is 4.79 Å². The number of H-pyrrole nitrogens is 1. The fourth-order valence-electron chi connectivity index (χ4n) is 2.90. The van der Waals surface area contributed by atoms with Crippen molar-refractivity contribution in [2.75, 3.05) is 18.5 Å². The number of ether oxygens (including phenoxy) is 2. The standard InChI is InChI=1S/C20H19N3O3/c1-2-13-3-6-15(7-4-13)22-20(24)16-12-21-23-19(16)14-5-8-17-18(11-14)26-10-9-25-17/h3-8,11-12H,2,9-10H2,1H3,(H,21,23)(H,22,24). The van der Waals surface area contributed by atoms with Gasteiger partial charge < -0.3 is 14.8 Å². The van der Waals surface area contributed by atoms with E-state index in [1.54, 1.807) is 0 Å². The zero-order chi connectivity index (χ0) is 17.9. The summed E-state index contributed by atoms with van der Waals surface area (Å²) >= 11 is 0. The van der Waals surface area contributed by atoms with E-state index in [0.29, 0.717) is 36.0 Å². The Bertz CT molecular complexity index is 932. The molecule has 4 rings (SSSR count). The summed E-state index contributed by atoms with van der Waals surface area (Å²) in [6.45, 7) is 3.15. The molecule has 6 heteroatoms. The van der Waals surface area contributed by atoms with Gasteiger partial charge in [0.05, 0.1) is 17.5 Å². The molecule has 0 aliphatic carbocycles. The zero-order valence-corrected chi connectivity index (χ0v) is 14.4. The van der Waals surface area contributed by atoms with Crippen molar-refractivity contribution in [2.45, 2.75) is 13.3 Å². The van der Waals surface area contributed by atoms with Gasteiger partial charge in [0, 0.05) is 11.3 Å². The van der Waals surface area contributed by atoms with E-state index in [1.165, 1.54) is 11.8 Å². The van der Waals surface area contributed by atoms with E-state index in [0.717, 1.165) is 17.7 Å². The molecule has 1 aliphatic heterocycles. The molecule has 0 saturated heterocycles. The van der Waals surface area contributed by atoms with Gasteiger partial charge in [-0.1, -0.05) is 19.1 Å². The molecule has 0 radical (unpaired) electrons. The molecular formula is C20H19N3O3. The summed E-state index contributed by atoms with van der Waals surface area (Å²) < 4.78 is 11.2. The number of hydrogen-bond acceptors (Lipinski definition) is 4. The number of hydrogen-bond donors (Lipinski definition) is 2. The molecule has 1 amide bonds. The maximum Gasteiger partial charge on any atom is 0.259 e. The summed E-state index contributed by atoms with van der Waals surface area (Å²) in [7, 11) is 0. The van der Waals surface area contributed by atoms with Crippen LogP contribution >= 0.6 is 0 Å². The second-order valence-electron chi connectivity index (χ2n) is 6.02. The summed E-state index contributed by atoms with van der Waals surface area (Å²) in [4.78, 5) is 12.7. The Hall–Kier alpha value is -3.28. The first-order chi connectivity index (χ1) is 12.7. The quantitative estimate of drug-likeness (QED) is 0.754. The second-order valence-corrected chi connectivity index (χ2v) is 6.02. The highest BCUT2D eigenvalue weighted by atomic mass is 16.6. The third-order valence-corrected chi connectivity index (χ3v) is 4.33. The van der Waals surface area contributed by atoms with Crippen molar-refractivity contribution in [3.8, 4) is 22.8 Å². The van der Waals surface area contributed by atoms with Gasteiger partial charge in [0.1, 0.15) is 13.2 Å². The number of aromatic nitrogens is 2. The van der Waals surface area contributed by atoms with Crippen LogP contribution in [-0.4, -0.2) is 29.3 Å². The van der Waals surface area contributed by atoms with Crippen molar-refractivity contribution in [1.29, 1.82) is 0 Å². The number of rotatable bonds is 4. The first-order valence-corrected chi connectivity index (χ1v) is 8.58. The second kappa shape index (κ2) is 6.92. The van der Waals surface area contributed by atoms with Crippen molar-refractivity contribution in [3.05, 3.63) is 59.8 Å². The lowest BCUT2D eigenvalue weighted by Gasteiger charge is -2.18. The Kier molecular flexibility index (Phi) is 4.31. The molecule has 3 aromatic rings. The molecule has 0 fully saturated rings. The van der Waals surface area contributed by atoms with Crippen LogP contribution in [0.4, 0.5) is 5.69 Å². The van der Waals surface area contributed by atoms with Crippen LogP contribution < -0.4 is 14.8 Å². The number of aryl methyl sites for hydroxylation is 1. The Morgan fingerprint density at radius 1 is 1.12 bits per heavy atom. The molecule has 0 saturated carbocycles. The lowest BCUT2D eigenvalue weighted by Crippen LogP contribution is -2.15. The topological polar surface area (TPSA) is 76.2 Å². The number of carbonyl (C=O) groups is 1. The van der Waals surface area contributed by atoms with Crippen LogP contribution in [0.2, 0.25) is 0 Å². The van der Waals surface area contributed by atoms with Gasteiger partial charge in [-0.05, 0) is 42.3 Å². The number of carbonyl (C=O) groups excluding carboxylic acids is 1. The van der Waals surface area contributed by atoms with E-state index in [4.69, 9.17) is 9.47 Å². The number of fused-ring (bicyclic) bond motifs is 1. The number of benzene rings is 2. The Labute approximate surface area is 151 Å². The average molecular weight is 349 g/mol. The predicted molar refractivity (Wildman–Crippen MR) is 98.8 cm³/mol. The molecule has 0 bridgehead atoms. The molecule has 26 heavy (non-hydrogen) atoms. The van der Waals surface area contributed by atoms with Gasteiger partial charge in [-0.25, -0.2) is 0 Å². The highest BCUT2D eigenvalue weighted by Gasteiger charge is 2.18. The summed E-state index contributed by atoms with van der Waals surface area (Å²) in [6, 6.07) is 13.4. The Balaban J connectivity index is 1.59. The van der Waals surface area contributed by atoms with E-state index < -0.39 is 0 Å². The molecule has 6 nitrogen and oxygen atoms in total. The van der Waals surface area contributed by atoms with Crippen molar-refractivity contribution in [2.24, 2.45) is 0 Å². The minimum atomic E-state index is -0.215. The maximum atomic E-state index is 12.7. The fourth-order valence-corrected chi connectivity index (χ4v) is 2.90. The van der Waals surface area contributed by atoms with E-state index in [1.807, 2.05) is 42.5 Å². The molecule has 2 aromatic carbocycles. The molecular weight excluding hydrogens is 330 g/mol. The average Bonchev–Trinajstić information content (AvgIpc) is 3.18. The normalized spacial score (nSPS) is 12.7. The lowest BCUT2D eigenvalue weighted by atomic mass is 10.1. The molecule has 1 aliphatic rings. The summed E-state index contributed by atoms with van der Waals surface area (Å²) in [5.41, 5.74) is 3.91. The molecule has 0 unspecified atom stereocenters. The van der Waals surface area contributed by atoms with Crippen LogP contribution in [0.5, 0.6) is 11.5 Å². The Morgan fingerprint density at radius 3 is 2.65 bits per heavy atom. The molecule has 132 valence electrons. The lowest BCUT2D eigenvalue weighted by molar-refractivity contribution is 0.102. The van der Waals surface area contributed by atoms with Gasteiger partial charge in [-0.2, -0.15) is 5.10 Å². The highest BCUT2D eigenvalue weighted by Crippen LogP contribution is 2.35. The van der Waals surface area contributed by atoms with Crippen LogP contribution in [0.3, 0.4) is 0 Å².